The number of hydrogen-bond donors (Lipinski definition) is 0. The van der Waals surface area contributed by atoms with E-state index >= 15 is 0 Å². The van der Waals surface area contributed by atoms with Crippen molar-refractivity contribution in [1.29, 1.82) is 0 Å². The van der Waals surface area contributed by atoms with Gasteiger partial charge in [-0.1, -0.05) is 18.2 Å². The molecule has 2 aromatic rings. The molecule has 1 aliphatic rings. The number of benzene rings is 1. The summed E-state index contributed by atoms with van der Waals surface area (Å²) in [5, 5.41) is 7.81. The van der Waals surface area contributed by atoms with E-state index in [1.165, 1.54) is 12.1 Å². The predicted octanol–water partition coefficient (Wildman–Crippen LogP) is 2.91. The Morgan fingerprint density at radius 2 is 2.08 bits per heavy atom. The molecule has 5 nitrogen and oxygen atoms in total. The lowest BCUT2D eigenvalue weighted by Gasteiger charge is -2.32. The van der Waals surface area contributed by atoms with E-state index in [0.29, 0.717) is 18.7 Å². The highest BCUT2D eigenvalue weighted by Crippen LogP contribution is 2.26. The van der Waals surface area contributed by atoms with E-state index in [4.69, 9.17) is 0 Å². The molecule has 24 heavy (non-hydrogen) atoms. The van der Waals surface area contributed by atoms with E-state index in [0.717, 1.165) is 18.9 Å². The van der Waals surface area contributed by atoms with Gasteiger partial charge in [0.1, 0.15) is 11.6 Å². The molecule has 0 radical (unpaired) electrons. The standard InChI is InChI=1S/C17H20F2N4O/c1-12(15-3-2-13(18)11-16(15)19)10-17(24)22-7-4-14(5-8-22)23-9-6-20-21-23/h2-3,6,9,11-12,14H,4-5,7-8,10H2,1H3/t12-/m1/s1. The third-order valence-electron chi connectivity index (χ3n) is 4.61. The van der Waals surface area contributed by atoms with Gasteiger partial charge in [0.25, 0.3) is 0 Å². The fourth-order valence-electron chi connectivity index (χ4n) is 3.19. The lowest BCUT2D eigenvalue weighted by molar-refractivity contribution is -0.132. The zero-order valence-corrected chi connectivity index (χ0v) is 13.5. The number of rotatable bonds is 4. The highest BCUT2D eigenvalue weighted by atomic mass is 19.1. The second-order valence-electron chi connectivity index (χ2n) is 6.27. The second-order valence-corrected chi connectivity index (χ2v) is 6.27. The Labute approximate surface area is 139 Å². The molecule has 2 heterocycles. The first kappa shape index (κ1) is 16.5. The first-order valence-corrected chi connectivity index (χ1v) is 8.13. The molecule has 1 aromatic carbocycles. The molecule has 1 fully saturated rings. The topological polar surface area (TPSA) is 51.0 Å². The minimum absolute atomic E-state index is 0.00302. The zero-order chi connectivity index (χ0) is 17.1. The molecule has 1 atom stereocenters. The van der Waals surface area contributed by atoms with Gasteiger partial charge in [-0.2, -0.15) is 0 Å². The zero-order valence-electron chi connectivity index (χ0n) is 13.5. The van der Waals surface area contributed by atoms with Gasteiger partial charge in [-0.15, -0.1) is 5.10 Å². The highest BCUT2D eigenvalue weighted by molar-refractivity contribution is 5.77. The van der Waals surface area contributed by atoms with Crippen LogP contribution < -0.4 is 0 Å². The van der Waals surface area contributed by atoms with Crippen LogP contribution in [0.1, 0.15) is 43.7 Å². The van der Waals surface area contributed by atoms with Crippen molar-refractivity contribution in [1.82, 2.24) is 19.9 Å². The molecule has 1 amide bonds. The van der Waals surface area contributed by atoms with Crippen LogP contribution in [0.3, 0.4) is 0 Å². The molecule has 0 aliphatic carbocycles. The van der Waals surface area contributed by atoms with Crippen LogP contribution in [-0.4, -0.2) is 38.9 Å². The Morgan fingerprint density at radius 3 is 2.71 bits per heavy atom. The number of amides is 1. The number of carbonyl (C=O) groups excluding carboxylic acids is 1. The molecule has 128 valence electrons. The van der Waals surface area contributed by atoms with Gasteiger partial charge in [-0.3, -0.25) is 4.79 Å². The average Bonchev–Trinajstić information content (AvgIpc) is 3.09. The molecular formula is C17H20F2N4O. The summed E-state index contributed by atoms with van der Waals surface area (Å²) >= 11 is 0. The molecule has 0 bridgehead atoms. The van der Waals surface area contributed by atoms with Gasteiger partial charge in [0.05, 0.1) is 12.2 Å². The Balaban J connectivity index is 1.55. The smallest absolute Gasteiger partial charge is 0.223 e. The van der Waals surface area contributed by atoms with Gasteiger partial charge in [0.2, 0.25) is 5.91 Å². The summed E-state index contributed by atoms with van der Waals surface area (Å²) in [6, 6.07) is 3.77. The summed E-state index contributed by atoms with van der Waals surface area (Å²) in [4.78, 5) is 14.3. The summed E-state index contributed by atoms with van der Waals surface area (Å²) in [5.41, 5.74) is 0.377. The first-order valence-electron chi connectivity index (χ1n) is 8.13. The number of carbonyl (C=O) groups is 1. The number of piperidine rings is 1. The largest absolute Gasteiger partial charge is 0.343 e. The van der Waals surface area contributed by atoms with Crippen molar-refractivity contribution < 1.29 is 13.6 Å². The second kappa shape index (κ2) is 7.07. The molecule has 1 aliphatic heterocycles. The van der Waals surface area contributed by atoms with Crippen LogP contribution in [0.2, 0.25) is 0 Å². The van der Waals surface area contributed by atoms with Gasteiger partial charge in [-0.25, -0.2) is 13.5 Å². The minimum Gasteiger partial charge on any atom is -0.343 e. The summed E-state index contributed by atoms with van der Waals surface area (Å²) in [6.45, 7) is 3.10. The Morgan fingerprint density at radius 1 is 1.33 bits per heavy atom. The molecule has 0 spiro atoms. The SMILES string of the molecule is C[C@H](CC(=O)N1CCC(n2ccnn2)CC1)c1ccc(F)cc1F. The third kappa shape index (κ3) is 3.60. The Kier molecular flexibility index (Phi) is 4.87. The van der Waals surface area contributed by atoms with E-state index in [1.54, 1.807) is 13.1 Å². The van der Waals surface area contributed by atoms with Crippen LogP contribution in [0.15, 0.2) is 30.6 Å². The Bertz CT molecular complexity index is 697. The monoisotopic (exact) mass is 334 g/mol. The first-order chi connectivity index (χ1) is 11.5. The molecule has 0 saturated carbocycles. The van der Waals surface area contributed by atoms with Crippen LogP contribution in [0.4, 0.5) is 8.78 Å². The molecule has 7 heteroatoms. The van der Waals surface area contributed by atoms with Gasteiger partial charge in [-0.05, 0) is 30.4 Å². The van der Waals surface area contributed by atoms with E-state index in [1.807, 2.05) is 15.8 Å². The highest BCUT2D eigenvalue weighted by Gasteiger charge is 2.26. The molecule has 1 saturated heterocycles. The lowest BCUT2D eigenvalue weighted by atomic mass is 9.95. The van der Waals surface area contributed by atoms with Crippen molar-refractivity contribution in [2.75, 3.05) is 13.1 Å². The maximum atomic E-state index is 13.8. The van der Waals surface area contributed by atoms with Crippen molar-refractivity contribution >= 4 is 5.91 Å². The number of hydrogen-bond acceptors (Lipinski definition) is 3. The molecular weight excluding hydrogens is 314 g/mol. The quantitative estimate of drug-likeness (QED) is 0.864. The van der Waals surface area contributed by atoms with Crippen LogP contribution in [-0.2, 0) is 4.79 Å². The number of likely N-dealkylation sites (tertiary alicyclic amines) is 1. The van der Waals surface area contributed by atoms with Crippen molar-refractivity contribution in [3.05, 3.63) is 47.8 Å². The summed E-state index contributed by atoms with van der Waals surface area (Å²) in [7, 11) is 0. The van der Waals surface area contributed by atoms with E-state index < -0.39 is 11.6 Å². The van der Waals surface area contributed by atoms with Gasteiger partial charge in [0, 0.05) is 31.8 Å². The van der Waals surface area contributed by atoms with Crippen LogP contribution >= 0.6 is 0 Å². The maximum Gasteiger partial charge on any atom is 0.223 e. The van der Waals surface area contributed by atoms with E-state index in [9.17, 15) is 13.6 Å². The number of halogens is 2. The van der Waals surface area contributed by atoms with Crippen LogP contribution in [0.25, 0.3) is 0 Å². The van der Waals surface area contributed by atoms with Crippen molar-refractivity contribution in [3.8, 4) is 0 Å². The minimum atomic E-state index is -0.607. The summed E-state index contributed by atoms with van der Waals surface area (Å²) < 4.78 is 28.6. The van der Waals surface area contributed by atoms with Gasteiger partial charge >= 0.3 is 0 Å². The van der Waals surface area contributed by atoms with Crippen LogP contribution in [0, 0.1) is 11.6 Å². The molecule has 0 unspecified atom stereocenters. The normalized spacial score (nSPS) is 17.0. The van der Waals surface area contributed by atoms with Crippen molar-refractivity contribution in [2.45, 2.75) is 38.1 Å². The summed E-state index contributed by atoms with van der Waals surface area (Å²) in [5.74, 6) is -1.49. The fraction of sp³-hybridized carbons (Fsp3) is 0.471. The number of aromatic nitrogens is 3. The molecule has 3 rings (SSSR count). The number of nitrogens with zero attached hydrogens (tertiary/aromatic N) is 4. The van der Waals surface area contributed by atoms with Crippen LogP contribution in [0.5, 0.6) is 0 Å². The van der Waals surface area contributed by atoms with Gasteiger partial charge in [0.15, 0.2) is 0 Å². The molecule has 0 N–H and O–H groups in total. The van der Waals surface area contributed by atoms with Gasteiger partial charge < -0.3 is 4.90 Å². The average molecular weight is 334 g/mol. The fourth-order valence-corrected chi connectivity index (χ4v) is 3.19. The van der Waals surface area contributed by atoms with Crippen molar-refractivity contribution in [2.24, 2.45) is 0 Å². The molecule has 1 aromatic heterocycles. The third-order valence-corrected chi connectivity index (χ3v) is 4.61. The maximum absolute atomic E-state index is 13.8. The summed E-state index contributed by atoms with van der Waals surface area (Å²) in [6.07, 6.45) is 5.36. The van der Waals surface area contributed by atoms with E-state index in [2.05, 4.69) is 10.3 Å². The van der Waals surface area contributed by atoms with E-state index in [-0.39, 0.29) is 24.3 Å². The lowest BCUT2D eigenvalue weighted by Crippen LogP contribution is -2.39. The Hall–Kier alpha value is -2.31. The van der Waals surface area contributed by atoms with Crippen molar-refractivity contribution in [3.63, 3.8) is 0 Å². The predicted molar refractivity (Wildman–Crippen MR) is 84.3 cm³/mol.